The summed E-state index contributed by atoms with van der Waals surface area (Å²) in [6, 6.07) is 0. The predicted molar refractivity (Wildman–Crippen MR) is 88.6 cm³/mol. The fraction of sp³-hybridized carbons (Fsp3) is 1.00. The Labute approximate surface area is 135 Å². The lowest BCUT2D eigenvalue weighted by Crippen LogP contribution is -3.00. The minimum absolute atomic E-state index is 0. The van der Waals surface area contributed by atoms with Crippen molar-refractivity contribution in [1.82, 2.24) is 0 Å². The first-order chi connectivity index (χ1) is 8.81. The van der Waals surface area contributed by atoms with Gasteiger partial charge in [0.25, 0.3) is 0 Å². The fourth-order valence-corrected chi connectivity index (χ4v) is 2.33. The van der Waals surface area contributed by atoms with Crippen molar-refractivity contribution >= 4 is 0 Å². The van der Waals surface area contributed by atoms with E-state index in [0.29, 0.717) is 5.54 Å². The van der Waals surface area contributed by atoms with Crippen molar-refractivity contribution in [3.63, 3.8) is 0 Å². The molecular weight excluding hydrogens is 266 g/mol. The highest BCUT2D eigenvalue weighted by atomic mass is 35.5. The molecule has 0 radical (unpaired) electrons. The molecule has 2 heteroatoms. The zero-order chi connectivity index (χ0) is 14.8. The number of unbranched alkanes of at least 4 members (excludes halogenated alkanes) is 9. The van der Waals surface area contributed by atoms with E-state index < -0.39 is 0 Å². The average molecular weight is 306 g/mol. The van der Waals surface area contributed by atoms with E-state index in [-0.39, 0.29) is 12.4 Å². The fourth-order valence-electron chi connectivity index (χ4n) is 2.33. The quantitative estimate of drug-likeness (QED) is 0.407. The van der Waals surface area contributed by atoms with Crippen LogP contribution in [0, 0.1) is 0 Å². The smallest absolute Gasteiger partial charge is 0.0903 e. The summed E-state index contributed by atoms with van der Waals surface area (Å²) in [5.41, 5.74) is 0.374. The summed E-state index contributed by atoms with van der Waals surface area (Å²) in [6.07, 6.45) is 14.3. The van der Waals surface area contributed by atoms with Gasteiger partial charge >= 0.3 is 0 Å². The Morgan fingerprint density at radius 3 is 1.35 bits per heavy atom. The first-order valence-electron chi connectivity index (χ1n) is 8.64. The van der Waals surface area contributed by atoms with Crippen LogP contribution < -0.4 is 12.4 Å². The third kappa shape index (κ3) is 11.0. The summed E-state index contributed by atoms with van der Waals surface area (Å²) in [4.78, 5) is 0. The Morgan fingerprint density at radius 2 is 1.00 bits per heavy atom. The minimum Gasteiger partial charge on any atom is -1.00 e. The number of halogens is 1. The lowest BCUT2D eigenvalue weighted by molar-refractivity contribution is -0.935. The predicted octanol–water partition coefficient (Wildman–Crippen LogP) is 2.79. The highest BCUT2D eigenvalue weighted by Crippen LogP contribution is 2.20. The molecule has 124 valence electrons. The number of rotatable bonds is 11. The van der Waals surface area contributed by atoms with Crippen molar-refractivity contribution in [3.8, 4) is 0 Å². The number of quaternary nitrogens is 1. The molecule has 0 atom stereocenters. The number of hydrogen-bond donors (Lipinski definition) is 0. The third-order valence-electron chi connectivity index (χ3n) is 4.89. The van der Waals surface area contributed by atoms with Crippen molar-refractivity contribution in [1.29, 1.82) is 0 Å². The minimum atomic E-state index is 0. The molecule has 0 aromatic carbocycles. The van der Waals surface area contributed by atoms with Gasteiger partial charge < -0.3 is 16.9 Å². The van der Waals surface area contributed by atoms with E-state index in [0.717, 1.165) is 4.48 Å². The first-order valence-corrected chi connectivity index (χ1v) is 8.64. The SMILES string of the molecule is CCCCCCCCCCCC[N+](C)(C)C(C)(C)C.[Cl-]. The second kappa shape index (κ2) is 11.9. The van der Waals surface area contributed by atoms with Gasteiger partial charge in [-0.3, -0.25) is 0 Å². The van der Waals surface area contributed by atoms with Crippen LogP contribution in [0.4, 0.5) is 0 Å². The molecule has 0 aromatic heterocycles. The van der Waals surface area contributed by atoms with E-state index in [4.69, 9.17) is 0 Å². The largest absolute Gasteiger partial charge is 1.00 e. The molecule has 0 fully saturated rings. The van der Waals surface area contributed by atoms with E-state index in [1.54, 1.807) is 0 Å². The Balaban J connectivity index is 0. The van der Waals surface area contributed by atoms with Gasteiger partial charge in [0.05, 0.1) is 26.2 Å². The molecule has 0 aliphatic carbocycles. The maximum absolute atomic E-state index is 2.37. The topological polar surface area (TPSA) is 0 Å². The second-order valence-electron chi connectivity index (χ2n) is 7.76. The molecule has 1 nitrogen and oxygen atoms in total. The zero-order valence-electron chi connectivity index (χ0n) is 15.1. The average Bonchev–Trinajstić information content (AvgIpc) is 2.30. The van der Waals surface area contributed by atoms with Crippen molar-refractivity contribution in [2.24, 2.45) is 0 Å². The summed E-state index contributed by atoms with van der Waals surface area (Å²) >= 11 is 0. The van der Waals surface area contributed by atoms with Gasteiger partial charge in [-0.05, 0) is 33.6 Å². The van der Waals surface area contributed by atoms with Crippen molar-refractivity contribution in [2.45, 2.75) is 97.4 Å². The van der Waals surface area contributed by atoms with Crippen LogP contribution in [0.15, 0.2) is 0 Å². The number of nitrogens with zero attached hydrogens (tertiary/aromatic N) is 1. The summed E-state index contributed by atoms with van der Waals surface area (Å²) in [5.74, 6) is 0. The van der Waals surface area contributed by atoms with Crippen molar-refractivity contribution in [3.05, 3.63) is 0 Å². The summed E-state index contributed by atoms with van der Waals surface area (Å²) in [6.45, 7) is 10.7. The molecule has 0 aromatic rings. The van der Waals surface area contributed by atoms with Crippen LogP contribution >= 0.6 is 0 Å². The Morgan fingerprint density at radius 1 is 0.650 bits per heavy atom. The molecule has 0 heterocycles. The van der Waals surface area contributed by atoms with Crippen LogP contribution in [0.25, 0.3) is 0 Å². The van der Waals surface area contributed by atoms with Crippen LogP contribution in [-0.2, 0) is 0 Å². The molecule has 0 saturated heterocycles. The molecule has 0 aliphatic heterocycles. The second-order valence-corrected chi connectivity index (χ2v) is 7.76. The van der Waals surface area contributed by atoms with Gasteiger partial charge in [0, 0.05) is 0 Å². The standard InChI is InChI=1S/C18H40N.ClH/c1-7-8-9-10-11-12-13-14-15-16-17-19(5,6)18(2,3)4;/h7-17H2,1-6H3;1H/q+1;/p-1. The number of hydrogen-bond acceptors (Lipinski definition) is 0. The van der Waals surface area contributed by atoms with Gasteiger partial charge in [-0.25, -0.2) is 0 Å². The Kier molecular flexibility index (Phi) is 13.4. The van der Waals surface area contributed by atoms with E-state index in [9.17, 15) is 0 Å². The molecule has 0 bridgehead atoms. The van der Waals surface area contributed by atoms with Gasteiger partial charge in [0.15, 0.2) is 0 Å². The lowest BCUT2D eigenvalue weighted by Gasteiger charge is -2.42. The van der Waals surface area contributed by atoms with E-state index in [1.165, 1.54) is 70.8 Å². The van der Waals surface area contributed by atoms with Gasteiger partial charge in [0.1, 0.15) is 0 Å². The van der Waals surface area contributed by atoms with Gasteiger partial charge in [0.2, 0.25) is 0 Å². The highest BCUT2D eigenvalue weighted by Gasteiger charge is 2.30. The summed E-state index contributed by atoms with van der Waals surface area (Å²) in [7, 11) is 4.74. The summed E-state index contributed by atoms with van der Waals surface area (Å²) < 4.78 is 1.14. The Bertz CT molecular complexity index is 206. The van der Waals surface area contributed by atoms with Crippen LogP contribution in [0.2, 0.25) is 0 Å². The van der Waals surface area contributed by atoms with Crippen LogP contribution in [0.3, 0.4) is 0 Å². The van der Waals surface area contributed by atoms with Crippen LogP contribution in [-0.4, -0.2) is 30.7 Å². The first kappa shape index (κ1) is 22.5. The molecular formula is C18H40ClN. The van der Waals surface area contributed by atoms with E-state index in [1.807, 2.05) is 0 Å². The molecule has 0 amide bonds. The van der Waals surface area contributed by atoms with Crippen molar-refractivity contribution < 1.29 is 16.9 Å². The van der Waals surface area contributed by atoms with E-state index >= 15 is 0 Å². The zero-order valence-corrected chi connectivity index (χ0v) is 15.9. The molecule has 0 aliphatic rings. The van der Waals surface area contributed by atoms with E-state index in [2.05, 4.69) is 41.8 Å². The van der Waals surface area contributed by atoms with Crippen molar-refractivity contribution in [2.75, 3.05) is 20.6 Å². The summed E-state index contributed by atoms with van der Waals surface area (Å²) in [5, 5.41) is 0. The Hall–Kier alpha value is 0.250. The normalized spacial score (nSPS) is 12.3. The lowest BCUT2D eigenvalue weighted by atomic mass is 10.0. The molecule has 20 heavy (non-hydrogen) atoms. The molecule has 0 saturated carbocycles. The highest BCUT2D eigenvalue weighted by molar-refractivity contribution is 4.60. The van der Waals surface area contributed by atoms with Crippen LogP contribution in [0.1, 0.15) is 91.9 Å². The molecule has 0 rings (SSSR count). The van der Waals surface area contributed by atoms with Gasteiger partial charge in [-0.1, -0.05) is 58.3 Å². The maximum Gasteiger partial charge on any atom is 0.0903 e. The molecule has 0 N–H and O–H groups in total. The van der Waals surface area contributed by atoms with Crippen LogP contribution in [0.5, 0.6) is 0 Å². The monoisotopic (exact) mass is 305 g/mol. The van der Waals surface area contributed by atoms with Gasteiger partial charge in [-0.15, -0.1) is 0 Å². The molecule has 0 spiro atoms. The van der Waals surface area contributed by atoms with Gasteiger partial charge in [-0.2, -0.15) is 0 Å². The maximum atomic E-state index is 2.37. The third-order valence-corrected chi connectivity index (χ3v) is 4.89. The molecule has 0 unspecified atom stereocenters.